The van der Waals surface area contributed by atoms with Crippen LogP contribution in [0.4, 0.5) is 0 Å². The van der Waals surface area contributed by atoms with Crippen LogP contribution in [0.1, 0.15) is 120 Å². The molecule has 0 aromatic rings. The van der Waals surface area contributed by atoms with Crippen molar-refractivity contribution in [1.82, 2.24) is 0 Å². The van der Waals surface area contributed by atoms with Gasteiger partial charge in [-0.1, -0.05) is 55.4 Å². The zero-order valence-electron chi connectivity index (χ0n) is 22.2. The first kappa shape index (κ1) is 22.7. The Morgan fingerprint density at radius 1 is 0.677 bits per heavy atom. The van der Waals surface area contributed by atoms with E-state index in [0.29, 0.717) is 33.1 Å². The molecule has 0 bridgehead atoms. The molecule has 0 saturated heterocycles. The lowest BCUT2D eigenvalue weighted by Crippen LogP contribution is -2.67. The van der Waals surface area contributed by atoms with Gasteiger partial charge in [0.15, 0.2) is 0 Å². The van der Waals surface area contributed by atoms with Crippen LogP contribution >= 0.6 is 0 Å². The summed E-state index contributed by atoms with van der Waals surface area (Å²) < 4.78 is 0. The van der Waals surface area contributed by atoms with E-state index in [0.717, 1.165) is 35.5 Å². The van der Waals surface area contributed by atoms with E-state index in [9.17, 15) is 0 Å². The Morgan fingerprint density at radius 2 is 1.39 bits per heavy atom. The van der Waals surface area contributed by atoms with Crippen molar-refractivity contribution in [2.45, 2.75) is 126 Å². The van der Waals surface area contributed by atoms with Crippen LogP contribution in [0.5, 0.6) is 0 Å². The molecule has 0 amide bonds. The lowest BCUT2D eigenvalue weighted by molar-refractivity contribution is -0.238. The summed E-state index contributed by atoms with van der Waals surface area (Å²) >= 11 is 0. The number of nitrogens with two attached hydrogens (primary N) is 1. The average Bonchev–Trinajstić information content (AvgIpc) is 3.04. The van der Waals surface area contributed by atoms with Gasteiger partial charge in [0.05, 0.1) is 0 Å². The summed E-state index contributed by atoms with van der Waals surface area (Å²) in [6.07, 6.45) is 14.5. The third-order valence-corrected chi connectivity index (χ3v) is 13.9. The van der Waals surface area contributed by atoms with E-state index >= 15 is 0 Å². The molecule has 1 nitrogen and oxygen atoms in total. The summed E-state index contributed by atoms with van der Waals surface area (Å²) in [4.78, 5) is 0. The van der Waals surface area contributed by atoms with E-state index in [2.05, 4.69) is 55.4 Å². The lowest BCUT2D eigenvalue weighted by Gasteiger charge is -2.73. The fourth-order valence-electron chi connectivity index (χ4n) is 11.8. The molecule has 5 rings (SSSR count). The van der Waals surface area contributed by atoms with Gasteiger partial charge in [-0.05, 0) is 127 Å². The van der Waals surface area contributed by atoms with Gasteiger partial charge in [-0.3, -0.25) is 0 Å². The first-order chi connectivity index (χ1) is 14.3. The van der Waals surface area contributed by atoms with E-state index in [1.165, 1.54) is 64.2 Å². The highest BCUT2D eigenvalue weighted by Gasteiger charge is 2.70. The topological polar surface area (TPSA) is 26.0 Å². The summed E-state index contributed by atoms with van der Waals surface area (Å²) in [5.41, 5.74) is 9.20. The molecule has 4 unspecified atom stereocenters. The van der Waals surface area contributed by atoms with Gasteiger partial charge in [0.1, 0.15) is 0 Å². The molecular weight excluding hydrogens is 374 g/mol. The van der Waals surface area contributed by atoms with Crippen LogP contribution < -0.4 is 5.73 Å². The Labute approximate surface area is 194 Å². The SMILES string of the molecule is CC(C)[C@@H]1CC[C@]2(C)CC[C@]3(C)C(CCC4[C@@]5(C)CC[C@H](N)C(C)(C)C5CC[C@]43C)C12. The van der Waals surface area contributed by atoms with Gasteiger partial charge >= 0.3 is 0 Å². The van der Waals surface area contributed by atoms with Crippen molar-refractivity contribution < 1.29 is 0 Å². The zero-order valence-corrected chi connectivity index (χ0v) is 22.2. The van der Waals surface area contributed by atoms with Crippen molar-refractivity contribution in [3.8, 4) is 0 Å². The monoisotopic (exact) mass is 427 g/mol. The van der Waals surface area contributed by atoms with E-state index in [4.69, 9.17) is 5.73 Å². The molecule has 0 aromatic carbocycles. The number of fused-ring (bicyclic) bond motifs is 7. The molecule has 5 aliphatic carbocycles. The van der Waals surface area contributed by atoms with Gasteiger partial charge in [-0.15, -0.1) is 0 Å². The van der Waals surface area contributed by atoms with Gasteiger partial charge < -0.3 is 5.73 Å². The van der Waals surface area contributed by atoms with Gasteiger partial charge in [0, 0.05) is 6.04 Å². The first-order valence-electron chi connectivity index (χ1n) is 14.1. The van der Waals surface area contributed by atoms with Gasteiger partial charge in [0.2, 0.25) is 0 Å². The molecule has 31 heavy (non-hydrogen) atoms. The Bertz CT molecular complexity index is 724. The number of hydrogen-bond acceptors (Lipinski definition) is 1. The molecule has 5 fully saturated rings. The van der Waals surface area contributed by atoms with Crippen molar-refractivity contribution in [2.75, 3.05) is 0 Å². The number of rotatable bonds is 1. The summed E-state index contributed by atoms with van der Waals surface area (Å²) in [5.74, 6) is 5.47. The van der Waals surface area contributed by atoms with Crippen molar-refractivity contribution in [3.05, 3.63) is 0 Å². The van der Waals surface area contributed by atoms with Gasteiger partial charge in [0.25, 0.3) is 0 Å². The second-order valence-electron chi connectivity index (χ2n) is 15.3. The Hall–Kier alpha value is -0.0400. The highest BCUT2D eigenvalue weighted by molar-refractivity contribution is 5.19. The van der Waals surface area contributed by atoms with Crippen molar-refractivity contribution >= 4 is 0 Å². The van der Waals surface area contributed by atoms with E-state index in [1.54, 1.807) is 0 Å². The third-order valence-electron chi connectivity index (χ3n) is 13.9. The molecule has 5 aliphatic rings. The molecule has 0 aromatic heterocycles. The molecule has 0 spiro atoms. The molecule has 178 valence electrons. The first-order valence-corrected chi connectivity index (χ1v) is 14.1. The predicted molar refractivity (Wildman–Crippen MR) is 133 cm³/mol. The fraction of sp³-hybridized carbons (Fsp3) is 1.00. The Kier molecular flexibility index (Phi) is 4.96. The molecule has 10 atom stereocenters. The van der Waals surface area contributed by atoms with E-state index < -0.39 is 0 Å². The van der Waals surface area contributed by atoms with Crippen LogP contribution in [0, 0.1) is 62.6 Å². The largest absolute Gasteiger partial charge is 0.327 e. The van der Waals surface area contributed by atoms with E-state index in [1.807, 2.05) is 0 Å². The quantitative estimate of drug-likeness (QED) is 0.450. The second kappa shape index (κ2) is 6.76. The van der Waals surface area contributed by atoms with Crippen LogP contribution in [0.3, 0.4) is 0 Å². The summed E-state index contributed by atoms with van der Waals surface area (Å²) in [6.45, 7) is 21.1. The average molecular weight is 428 g/mol. The van der Waals surface area contributed by atoms with Crippen molar-refractivity contribution in [2.24, 2.45) is 68.3 Å². The maximum absolute atomic E-state index is 6.73. The highest BCUT2D eigenvalue weighted by atomic mass is 14.8. The third kappa shape index (κ3) is 2.71. The summed E-state index contributed by atoms with van der Waals surface area (Å²) in [7, 11) is 0. The minimum Gasteiger partial charge on any atom is -0.327 e. The minimum absolute atomic E-state index is 0.297. The van der Waals surface area contributed by atoms with Crippen molar-refractivity contribution in [3.63, 3.8) is 0 Å². The van der Waals surface area contributed by atoms with Crippen molar-refractivity contribution in [1.29, 1.82) is 0 Å². The zero-order chi connectivity index (χ0) is 22.6. The fourth-order valence-corrected chi connectivity index (χ4v) is 11.8. The predicted octanol–water partition coefficient (Wildman–Crippen LogP) is 8.07. The smallest absolute Gasteiger partial charge is 0.00933 e. The minimum atomic E-state index is 0.297. The van der Waals surface area contributed by atoms with Gasteiger partial charge in [-0.2, -0.15) is 0 Å². The molecule has 1 heteroatoms. The van der Waals surface area contributed by atoms with Crippen LogP contribution in [0.25, 0.3) is 0 Å². The van der Waals surface area contributed by atoms with Crippen LogP contribution in [-0.2, 0) is 0 Å². The normalized spacial score (nSPS) is 58.3. The Morgan fingerprint density at radius 3 is 2.06 bits per heavy atom. The lowest BCUT2D eigenvalue weighted by atomic mass is 9.32. The van der Waals surface area contributed by atoms with E-state index in [-0.39, 0.29) is 0 Å². The molecule has 2 N–H and O–H groups in total. The molecule has 0 aliphatic heterocycles. The molecule has 5 saturated carbocycles. The van der Waals surface area contributed by atoms with Gasteiger partial charge in [-0.25, -0.2) is 0 Å². The second-order valence-corrected chi connectivity index (χ2v) is 15.3. The number of hydrogen-bond donors (Lipinski definition) is 1. The maximum atomic E-state index is 6.73. The molecular formula is C30H53N. The Balaban J connectivity index is 1.54. The molecule has 0 heterocycles. The summed E-state index contributed by atoms with van der Waals surface area (Å²) in [5, 5.41) is 0. The van der Waals surface area contributed by atoms with Crippen LogP contribution in [0.15, 0.2) is 0 Å². The highest BCUT2D eigenvalue weighted by Crippen LogP contribution is 2.77. The van der Waals surface area contributed by atoms with Crippen LogP contribution in [0.2, 0.25) is 0 Å². The standard InChI is InChI=1S/C30H53N/c1-19(2)20-11-14-27(5)17-18-29(7)21(25(20)27)9-10-23-28(6)15-13-24(31)26(3,4)22(28)12-16-30(23,29)8/h19-25H,9-18,31H2,1-8H3/t20-,21?,22?,23?,24-,25?,27+,28-,29+,30+/m0/s1. The summed E-state index contributed by atoms with van der Waals surface area (Å²) in [6, 6.07) is 0.391. The van der Waals surface area contributed by atoms with Crippen LogP contribution in [-0.4, -0.2) is 6.04 Å². The molecule has 0 radical (unpaired) electrons. The maximum Gasteiger partial charge on any atom is 0.00933 e.